The minimum Gasteiger partial charge on any atom is -0.489 e. The van der Waals surface area contributed by atoms with Crippen molar-refractivity contribution in [1.29, 1.82) is 0 Å². The van der Waals surface area contributed by atoms with Crippen LogP contribution in [0.4, 0.5) is 0 Å². The van der Waals surface area contributed by atoms with Gasteiger partial charge in [-0.1, -0.05) is 78.9 Å². The molecule has 0 heterocycles. The molecule has 0 saturated carbocycles. The van der Waals surface area contributed by atoms with E-state index in [4.69, 9.17) is 9.84 Å². The van der Waals surface area contributed by atoms with Crippen LogP contribution in [0.2, 0.25) is 0 Å². The molecule has 3 heteroatoms. The second kappa shape index (κ2) is 8.67. The first kappa shape index (κ1) is 17.5. The van der Waals surface area contributed by atoms with Crippen LogP contribution in [-0.4, -0.2) is 11.1 Å². The van der Waals surface area contributed by atoms with E-state index < -0.39 is 5.97 Å². The molecule has 0 atom stereocenters. The lowest BCUT2D eigenvalue weighted by Crippen LogP contribution is -2.01. The first-order valence-electron chi connectivity index (χ1n) is 8.45. The number of ether oxygens (including phenoxy) is 1. The lowest BCUT2D eigenvalue weighted by molar-refractivity contribution is -0.136. The highest BCUT2D eigenvalue weighted by molar-refractivity contribution is 5.70. The van der Waals surface area contributed by atoms with Gasteiger partial charge in [-0.3, -0.25) is 4.79 Å². The summed E-state index contributed by atoms with van der Waals surface area (Å²) in [6.07, 6.45) is 4.16. The molecular formula is C23H20O3. The molecule has 1 N–H and O–H groups in total. The SMILES string of the molecule is O=C(O)Cc1cccc(OCc2ccc(/C=C/c3ccccc3)cc2)c1. The van der Waals surface area contributed by atoms with Gasteiger partial charge >= 0.3 is 5.97 Å². The zero-order chi connectivity index (χ0) is 18.2. The van der Waals surface area contributed by atoms with Crippen molar-refractivity contribution in [1.82, 2.24) is 0 Å². The Kier molecular flexibility index (Phi) is 5.84. The van der Waals surface area contributed by atoms with Crippen LogP contribution in [-0.2, 0) is 17.8 Å². The third-order valence-electron chi connectivity index (χ3n) is 3.91. The Morgan fingerprint density at radius 1 is 0.808 bits per heavy atom. The van der Waals surface area contributed by atoms with Crippen molar-refractivity contribution in [3.8, 4) is 5.75 Å². The molecule has 3 aromatic carbocycles. The normalized spacial score (nSPS) is 10.8. The third kappa shape index (κ3) is 5.35. The molecule has 3 rings (SSSR count). The maximum atomic E-state index is 10.8. The van der Waals surface area contributed by atoms with E-state index in [0.717, 1.165) is 16.7 Å². The summed E-state index contributed by atoms with van der Waals surface area (Å²) in [6, 6.07) is 25.6. The summed E-state index contributed by atoms with van der Waals surface area (Å²) in [5.74, 6) is -0.168. The fourth-order valence-electron chi connectivity index (χ4n) is 2.57. The molecule has 0 aromatic heterocycles. The molecule has 0 bridgehead atoms. The van der Waals surface area contributed by atoms with Gasteiger partial charge in [0.2, 0.25) is 0 Å². The number of hydrogen-bond acceptors (Lipinski definition) is 2. The maximum Gasteiger partial charge on any atom is 0.307 e. The largest absolute Gasteiger partial charge is 0.489 e. The quantitative estimate of drug-likeness (QED) is 0.609. The highest BCUT2D eigenvalue weighted by Gasteiger charge is 2.02. The number of carbonyl (C=O) groups is 1. The number of carboxylic acid groups (broad SMARTS) is 1. The fraction of sp³-hybridized carbons (Fsp3) is 0.0870. The smallest absolute Gasteiger partial charge is 0.307 e. The Labute approximate surface area is 153 Å². The highest BCUT2D eigenvalue weighted by atomic mass is 16.5. The Morgan fingerprint density at radius 3 is 2.19 bits per heavy atom. The molecular weight excluding hydrogens is 324 g/mol. The topological polar surface area (TPSA) is 46.5 Å². The van der Waals surface area contributed by atoms with Crippen LogP contribution in [0.3, 0.4) is 0 Å². The number of carboxylic acids is 1. The molecule has 0 amide bonds. The first-order chi connectivity index (χ1) is 12.7. The van der Waals surface area contributed by atoms with Crippen LogP contribution < -0.4 is 4.74 Å². The van der Waals surface area contributed by atoms with Gasteiger partial charge in [-0.15, -0.1) is 0 Å². The Balaban J connectivity index is 1.58. The number of benzene rings is 3. The predicted octanol–water partition coefficient (Wildman–Crippen LogP) is 5.06. The van der Waals surface area contributed by atoms with Gasteiger partial charge in [0.1, 0.15) is 12.4 Å². The minimum atomic E-state index is -0.846. The van der Waals surface area contributed by atoms with Crippen molar-refractivity contribution >= 4 is 18.1 Å². The molecule has 0 spiro atoms. The molecule has 26 heavy (non-hydrogen) atoms. The van der Waals surface area contributed by atoms with Gasteiger partial charge in [-0.05, 0) is 34.4 Å². The zero-order valence-electron chi connectivity index (χ0n) is 14.3. The summed E-state index contributed by atoms with van der Waals surface area (Å²) in [7, 11) is 0. The van der Waals surface area contributed by atoms with E-state index in [1.54, 1.807) is 12.1 Å². The molecule has 0 fully saturated rings. The summed E-state index contributed by atoms with van der Waals surface area (Å²) in [4.78, 5) is 10.8. The minimum absolute atomic E-state index is 0.000351. The summed E-state index contributed by atoms with van der Waals surface area (Å²) < 4.78 is 5.77. The Hall–Kier alpha value is -3.33. The average molecular weight is 344 g/mol. The van der Waals surface area contributed by atoms with Gasteiger partial charge in [0.05, 0.1) is 6.42 Å². The van der Waals surface area contributed by atoms with Gasteiger partial charge in [-0.2, -0.15) is 0 Å². The van der Waals surface area contributed by atoms with Gasteiger partial charge in [-0.25, -0.2) is 0 Å². The van der Waals surface area contributed by atoms with Crippen LogP contribution in [0, 0.1) is 0 Å². The second-order valence-electron chi connectivity index (χ2n) is 5.99. The zero-order valence-corrected chi connectivity index (χ0v) is 14.3. The lowest BCUT2D eigenvalue weighted by Gasteiger charge is -2.08. The van der Waals surface area contributed by atoms with Gasteiger partial charge in [0.15, 0.2) is 0 Å². The average Bonchev–Trinajstić information content (AvgIpc) is 2.66. The molecule has 0 aliphatic rings. The van der Waals surface area contributed by atoms with E-state index in [9.17, 15) is 4.79 Å². The molecule has 130 valence electrons. The Bertz CT molecular complexity index is 881. The van der Waals surface area contributed by atoms with Crippen molar-refractivity contribution in [2.45, 2.75) is 13.0 Å². The highest BCUT2D eigenvalue weighted by Crippen LogP contribution is 2.16. The van der Waals surface area contributed by atoms with Gasteiger partial charge < -0.3 is 9.84 Å². The van der Waals surface area contributed by atoms with E-state index >= 15 is 0 Å². The van der Waals surface area contributed by atoms with E-state index in [1.165, 1.54) is 5.56 Å². The standard InChI is InChI=1S/C23H20O3/c24-23(25)16-21-7-4-8-22(15-21)26-17-20-13-11-19(12-14-20)10-9-18-5-2-1-3-6-18/h1-15H,16-17H2,(H,24,25)/b10-9+. The van der Waals surface area contributed by atoms with Crippen molar-refractivity contribution in [3.63, 3.8) is 0 Å². The van der Waals surface area contributed by atoms with Crippen molar-refractivity contribution in [3.05, 3.63) is 101 Å². The van der Waals surface area contributed by atoms with Crippen molar-refractivity contribution in [2.75, 3.05) is 0 Å². The van der Waals surface area contributed by atoms with Crippen LogP contribution in [0.1, 0.15) is 22.3 Å². The van der Waals surface area contributed by atoms with Crippen LogP contribution >= 0.6 is 0 Å². The van der Waals surface area contributed by atoms with Crippen LogP contribution in [0.15, 0.2) is 78.9 Å². The third-order valence-corrected chi connectivity index (χ3v) is 3.91. The van der Waals surface area contributed by atoms with Gasteiger partial charge in [0.25, 0.3) is 0 Å². The molecule has 0 unspecified atom stereocenters. The molecule has 3 nitrogen and oxygen atoms in total. The fourth-order valence-corrected chi connectivity index (χ4v) is 2.57. The summed E-state index contributed by atoms with van der Waals surface area (Å²) in [6.45, 7) is 0.444. The number of rotatable bonds is 7. The molecule has 0 aliphatic carbocycles. The molecule has 0 aliphatic heterocycles. The van der Waals surface area contributed by atoms with Gasteiger partial charge in [0, 0.05) is 0 Å². The van der Waals surface area contributed by atoms with E-state index in [2.05, 4.69) is 36.4 Å². The van der Waals surface area contributed by atoms with Crippen molar-refractivity contribution in [2.24, 2.45) is 0 Å². The summed E-state index contributed by atoms with van der Waals surface area (Å²) >= 11 is 0. The predicted molar refractivity (Wildman–Crippen MR) is 104 cm³/mol. The van der Waals surface area contributed by atoms with Crippen LogP contribution in [0.5, 0.6) is 5.75 Å². The van der Waals surface area contributed by atoms with E-state index in [1.807, 2.05) is 42.5 Å². The van der Waals surface area contributed by atoms with Crippen molar-refractivity contribution < 1.29 is 14.6 Å². The first-order valence-corrected chi connectivity index (χ1v) is 8.45. The Morgan fingerprint density at radius 2 is 1.50 bits per heavy atom. The van der Waals surface area contributed by atoms with Crippen LogP contribution in [0.25, 0.3) is 12.2 Å². The molecule has 3 aromatic rings. The second-order valence-corrected chi connectivity index (χ2v) is 5.99. The number of aliphatic carboxylic acids is 1. The summed E-state index contributed by atoms with van der Waals surface area (Å²) in [5, 5.41) is 8.86. The molecule has 0 saturated heterocycles. The lowest BCUT2D eigenvalue weighted by atomic mass is 10.1. The van der Waals surface area contributed by atoms with E-state index in [0.29, 0.717) is 12.4 Å². The number of hydrogen-bond donors (Lipinski definition) is 1. The molecule has 0 radical (unpaired) electrons. The van der Waals surface area contributed by atoms with E-state index in [-0.39, 0.29) is 6.42 Å². The maximum absolute atomic E-state index is 10.8. The summed E-state index contributed by atoms with van der Waals surface area (Å²) in [5.41, 5.74) is 4.09. The monoisotopic (exact) mass is 344 g/mol.